The van der Waals surface area contributed by atoms with Crippen LogP contribution in [0.5, 0.6) is 0 Å². The number of hydrogen-bond donors (Lipinski definition) is 2. The van der Waals surface area contributed by atoms with E-state index >= 15 is 0 Å². The number of nitrogens with zero attached hydrogens (tertiary/aromatic N) is 3. The summed E-state index contributed by atoms with van der Waals surface area (Å²) in [6.45, 7) is 1.13. The molecule has 0 saturated carbocycles. The fraction of sp³-hybridized carbons (Fsp3) is 0.241. The van der Waals surface area contributed by atoms with E-state index in [1.165, 1.54) is 9.71 Å². The maximum absolute atomic E-state index is 13.5. The number of aryl methyl sites for hydroxylation is 1. The first-order chi connectivity index (χ1) is 18.7. The van der Waals surface area contributed by atoms with E-state index in [1.807, 2.05) is 30.3 Å². The lowest BCUT2D eigenvalue weighted by molar-refractivity contribution is 0.0784. The molecule has 0 bridgehead atoms. The van der Waals surface area contributed by atoms with Crippen molar-refractivity contribution in [3.05, 3.63) is 106 Å². The molecule has 1 heterocycles. The van der Waals surface area contributed by atoms with Gasteiger partial charge in [0.2, 0.25) is 10.0 Å². The lowest BCUT2D eigenvalue weighted by atomic mass is 10.1. The largest absolute Gasteiger partial charge is 0.370 e. The minimum absolute atomic E-state index is 0.0601. The number of likely N-dealkylation sites (tertiary alicyclic amines) is 1. The average molecular weight is 566 g/mol. The Balaban J connectivity index is 1.49. The summed E-state index contributed by atoms with van der Waals surface area (Å²) in [5.74, 6) is -0.220. The van der Waals surface area contributed by atoms with Crippen LogP contribution < -0.4 is 11.5 Å². The van der Waals surface area contributed by atoms with Gasteiger partial charge in [-0.05, 0) is 72.9 Å². The van der Waals surface area contributed by atoms with E-state index in [2.05, 4.69) is 4.99 Å². The van der Waals surface area contributed by atoms with Crippen LogP contribution in [0.15, 0.2) is 89.3 Å². The van der Waals surface area contributed by atoms with Crippen molar-refractivity contribution in [1.82, 2.24) is 9.21 Å². The van der Waals surface area contributed by atoms with Crippen LogP contribution in [0, 0.1) is 0 Å². The molecule has 1 atom stereocenters. The van der Waals surface area contributed by atoms with Gasteiger partial charge in [0.15, 0.2) is 5.96 Å². The van der Waals surface area contributed by atoms with Crippen LogP contribution in [0.4, 0.5) is 5.69 Å². The van der Waals surface area contributed by atoms with Crippen molar-refractivity contribution in [2.75, 3.05) is 19.6 Å². The van der Waals surface area contributed by atoms with Crippen molar-refractivity contribution < 1.29 is 13.2 Å². The maximum atomic E-state index is 13.5. The summed E-state index contributed by atoms with van der Waals surface area (Å²) in [6.07, 6.45) is 3.54. The molecular weight excluding hydrogens is 534 g/mol. The number of nitrogens with two attached hydrogens (primary N) is 2. The van der Waals surface area contributed by atoms with Gasteiger partial charge in [-0.1, -0.05) is 54.1 Å². The molecular formula is C29H32ClN5O3S. The van der Waals surface area contributed by atoms with Gasteiger partial charge in [0, 0.05) is 41.7 Å². The van der Waals surface area contributed by atoms with Crippen molar-refractivity contribution in [3.63, 3.8) is 0 Å². The molecule has 1 unspecified atom stereocenters. The number of sulfonamides is 1. The Morgan fingerprint density at radius 3 is 2.38 bits per heavy atom. The summed E-state index contributed by atoms with van der Waals surface area (Å²) in [7, 11) is -3.76. The van der Waals surface area contributed by atoms with Gasteiger partial charge in [0.05, 0.1) is 5.69 Å². The molecule has 0 radical (unpaired) electrons. The third-order valence-corrected chi connectivity index (χ3v) is 8.41. The predicted octanol–water partition coefficient (Wildman–Crippen LogP) is 4.39. The van der Waals surface area contributed by atoms with Crippen LogP contribution in [0.2, 0.25) is 5.02 Å². The molecule has 10 heteroatoms. The van der Waals surface area contributed by atoms with Gasteiger partial charge >= 0.3 is 0 Å². The van der Waals surface area contributed by atoms with Gasteiger partial charge in [0.1, 0.15) is 0 Å². The predicted molar refractivity (Wildman–Crippen MR) is 157 cm³/mol. The number of benzene rings is 3. The molecule has 8 nitrogen and oxygen atoms in total. The zero-order valence-corrected chi connectivity index (χ0v) is 23.1. The Bertz CT molecular complexity index is 1420. The van der Waals surface area contributed by atoms with Gasteiger partial charge in [0.25, 0.3) is 5.91 Å². The first-order valence-electron chi connectivity index (χ1n) is 12.7. The summed E-state index contributed by atoms with van der Waals surface area (Å²) in [5, 5.41) is 1.82. The van der Waals surface area contributed by atoms with Crippen molar-refractivity contribution in [2.45, 2.75) is 25.3 Å². The molecule has 1 aliphatic rings. The fourth-order valence-electron chi connectivity index (χ4n) is 4.59. The molecule has 4 rings (SSSR count). The van der Waals surface area contributed by atoms with Crippen LogP contribution in [0.25, 0.3) is 6.08 Å². The molecule has 204 valence electrons. The van der Waals surface area contributed by atoms with E-state index in [0.29, 0.717) is 48.7 Å². The lowest BCUT2D eigenvalue weighted by Gasteiger charge is -2.27. The number of hydrogen-bond acceptors (Lipinski definition) is 4. The van der Waals surface area contributed by atoms with Crippen LogP contribution >= 0.6 is 11.6 Å². The number of halogens is 1. The Hall–Kier alpha value is -3.66. The smallest absolute Gasteiger partial charge is 0.253 e. The molecule has 1 fully saturated rings. The fourth-order valence-corrected chi connectivity index (χ4v) is 6.17. The van der Waals surface area contributed by atoms with Crippen molar-refractivity contribution >= 4 is 45.3 Å². The molecule has 0 aliphatic carbocycles. The second-order valence-corrected chi connectivity index (χ2v) is 11.6. The summed E-state index contributed by atoms with van der Waals surface area (Å²) < 4.78 is 28.6. The lowest BCUT2D eigenvalue weighted by Crippen LogP contribution is -2.42. The number of guanidine groups is 1. The maximum Gasteiger partial charge on any atom is 0.253 e. The zero-order valence-electron chi connectivity index (χ0n) is 21.5. The van der Waals surface area contributed by atoms with Crippen molar-refractivity contribution in [2.24, 2.45) is 16.5 Å². The van der Waals surface area contributed by atoms with Crippen LogP contribution in [-0.2, 0) is 16.4 Å². The number of carbonyl (C=O) groups is 1. The quantitative estimate of drug-likeness (QED) is 0.279. The number of carbonyl (C=O) groups excluding carboxylic acids is 1. The van der Waals surface area contributed by atoms with Gasteiger partial charge in [-0.15, -0.1) is 0 Å². The molecule has 3 aromatic carbocycles. The second kappa shape index (κ2) is 12.9. The Morgan fingerprint density at radius 2 is 1.72 bits per heavy atom. The molecule has 3 aromatic rings. The average Bonchev–Trinajstić information content (AvgIpc) is 3.41. The highest BCUT2D eigenvalue weighted by atomic mass is 35.5. The molecule has 1 amide bonds. The number of rotatable bonds is 10. The zero-order chi connectivity index (χ0) is 27.8. The van der Waals surface area contributed by atoms with Gasteiger partial charge in [-0.2, -0.15) is 4.31 Å². The summed E-state index contributed by atoms with van der Waals surface area (Å²) in [5.41, 5.74) is 13.8. The Kier molecular flexibility index (Phi) is 9.40. The van der Waals surface area contributed by atoms with Crippen molar-refractivity contribution in [3.8, 4) is 0 Å². The molecule has 1 saturated heterocycles. The number of aliphatic imine (C=N–C) groups is 1. The van der Waals surface area contributed by atoms with Gasteiger partial charge in [-0.3, -0.25) is 4.79 Å². The molecule has 0 aromatic heterocycles. The van der Waals surface area contributed by atoms with E-state index in [1.54, 1.807) is 59.5 Å². The minimum atomic E-state index is -3.76. The highest BCUT2D eigenvalue weighted by molar-refractivity contribution is 7.92. The summed E-state index contributed by atoms with van der Waals surface area (Å²) in [6, 6.07) is 23.3. The standard InChI is InChI=1S/C29H32ClN5O3S/c30-25-12-8-23(9-13-25)17-20-39(37,38)35(18-4-7-22-5-2-1-3-6-22)27-16-19-34(21-27)28(36)24-10-14-26(15-11-24)33-29(31)32/h1-3,5-6,8-15,17,20,27H,4,7,16,18-19,21H2,(H4,31,32,33)/b20-17+. The summed E-state index contributed by atoms with van der Waals surface area (Å²) >= 11 is 5.96. The Labute approximate surface area is 234 Å². The van der Waals surface area contributed by atoms with Gasteiger partial charge < -0.3 is 16.4 Å². The van der Waals surface area contributed by atoms with Gasteiger partial charge in [-0.25, -0.2) is 13.4 Å². The SMILES string of the molecule is NC(N)=Nc1ccc(C(=O)N2CCC(N(CCCc3ccccc3)S(=O)(=O)/C=C/c3ccc(Cl)cc3)C2)cc1. The van der Waals surface area contributed by atoms with Crippen LogP contribution in [0.3, 0.4) is 0 Å². The van der Waals surface area contributed by atoms with E-state index in [-0.39, 0.29) is 17.9 Å². The highest BCUT2D eigenvalue weighted by Gasteiger charge is 2.35. The van der Waals surface area contributed by atoms with E-state index in [4.69, 9.17) is 23.1 Å². The van der Waals surface area contributed by atoms with E-state index in [9.17, 15) is 13.2 Å². The Morgan fingerprint density at radius 1 is 1.03 bits per heavy atom. The minimum Gasteiger partial charge on any atom is -0.370 e. The molecule has 1 aliphatic heterocycles. The normalized spacial score (nSPS) is 15.6. The third-order valence-electron chi connectivity index (χ3n) is 6.55. The second-order valence-electron chi connectivity index (χ2n) is 9.38. The van der Waals surface area contributed by atoms with Crippen molar-refractivity contribution in [1.29, 1.82) is 0 Å². The monoisotopic (exact) mass is 565 g/mol. The molecule has 0 spiro atoms. The topological polar surface area (TPSA) is 122 Å². The van der Waals surface area contributed by atoms with E-state index < -0.39 is 10.0 Å². The molecule has 4 N–H and O–H groups in total. The third kappa shape index (κ3) is 7.92. The molecule has 39 heavy (non-hydrogen) atoms. The first kappa shape index (κ1) is 28.4. The van der Waals surface area contributed by atoms with E-state index in [0.717, 1.165) is 17.5 Å². The van der Waals surface area contributed by atoms with Crippen LogP contribution in [-0.4, -0.2) is 55.2 Å². The first-order valence-corrected chi connectivity index (χ1v) is 14.6. The van der Waals surface area contributed by atoms with Crippen LogP contribution in [0.1, 0.15) is 34.3 Å². The summed E-state index contributed by atoms with van der Waals surface area (Å²) in [4.78, 5) is 18.9. The number of amides is 1. The highest BCUT2D eigenvalue weighted by Crippen LogP contribution is 2.24.